The summed E-state index contributed by atoms with van der Waals surface area (Å²) in [6.07, 6.45) is 10.7. The molecular formula is C13H21N3. The third-order valence-electron chi connectivity index (χ3n) is 4.11. The van der Waals surface area contributed by atoms with E-state index in [1.807, 2.05) is 6.33 Å². The van der Waals surface area contributed by atoms with Gasteiger partial charge in [0.05, 0.1) is 12.0 Å². The van der Waals surface area contributed by atoms with Crippen molar-refractivity contribution in [2.24, 2.45) is 5.92 Å². The van der Waals surface area contributed by atoms with Gasteiger partial charge < -0.3 is 9.88 Å². The quantitative estimate of drug-likeness (QED) is 0.828. The topological polar surface area (TPSA) is 29.9 Å². The van der Waals surface area contributed by atoms with Crippen molar-refractivity contribution in [1.82, 2.24) is 14.9 Å². The van der Waals surface area contributed by atoms with Crippen molar-refractivity contribution in [2.45, 2.75) is 51.1 Å². The van der Waals surface area contributed by atoms with Crippen LogP contribution in [-0.4, -0.2) is 16.1 Å². The number of nitrogens with one attached hydrogen (secondary N) is 1. The second-order valence-corrected chi connectivity index (χ2v) is 5.46. The third-order valence-corrected chi connectivity index (χ3v) is 4.11. The largest absolute Gasteiger partial charge is 0.330 e. The summed E-state index contributed by atoms with van der Waals surface area (Å²) < 4.78 is 2.42. The van der Waals surface area contributed by atoms with E-state index in [9.17, 15) is 0 Å². The van der Waals surface area contributed by atoms with E-state index >= 15 is 0 Å². The minimum Gasteiger partial charge on any atom is -0.330 e. The summed E-state index contributed by atoms with van der Waals surface area (Å²) in [4.78, 5) is 4.35. The molecule has 1 aromatic heterocycles. The van der Waals surface area contributed by atoms with Crippen LogP contribution in [0.25, 0.3) is 0 Å². The molecule has 88 valence electrons. The van der Waals surface area contributed by atoms with Gasteiger partial charge in [-0.2, -0.15) is 0 Å². The summed E-state index contributed by atoms with van der Waals surface area (Å²) in [6, 6.07) is 1.27. The van der Waals surface area contributed by atoms with Crippen molar-refractivity contribution >= 4 is 0 Å². The minimum absolute atomic E-state index is 0.548. The van der Waals surface area contributed by atoms with Crippen molar-refractivity contribution in [3.63, 3.8) is 0 Å². The second kappa shape index (κ2) is 4.21. The Morgan fingerprint density at radius 1 is 1.38 bits per heavy atom. The summed E-state index contributed by atoms with van der Waals surface area (Å²) >= 11 is 0. The SMILES string of the molecule is CC1CC(n2cncc2C2CCCCN2)C1. The number of aromatic nitrogens is 2. The van der Waals surface area contributed by atoms with E-state index in [1.54, 1.807) is 0 Å². The van der Waals surface area contributed by atoms with E-state index in [1.165, 1.54) is 37.8 Å². The molecule has 1 N–H and O–H groups in total. The summed E-state index contributed by atoms with van der Waals surface area (Å²) in [5.41, 5.74) is 1.41. The fourth-order valence-electron chi connectivity index (χ4n) is 3.08. The lowest BCUT2D eigenvalue weighted by Crippen LogP contribution is -2.32. The summed E-state index contributed by atoms with van der Waals surface area (Å²) in [5, 5.41) is 3.62. The number of rotatable bonds is 2. The maximum atomic E-state index is 4.35. The maximum Gasteiger partial charge on any atom is 0.0951 e. The molecule has 1 aromatic rings. The Morgan fingerprint density at radius 2 is 2.25 bits per heavy atom. The van der Waals surface area contributed by atoms with Gasteiger partial charge in [0.2, 0.25) is 0 Å². The first kappa shape index (κ1) is 10.3. The summed E-state index contributed by atoms with van der Waals surface area (Å²) in [6.45, 7) is 3.50. The Hall–Kier alpha value is -0.830. The highest BCUT2D eigenvalue weighted by Crippen LogP contribution is 2.39. The van der Waals surface area contributed by atoms with Crippen LogP contribution in [-0.2, 0) is 0 Å². The molecule has 1 saturated carbocycles. The monoisotopic (exact) mass is 219 g/mol. The van der Waals surface area contributed by atoms with Crippen LogP contribution >= 0.6 is 0 Å². The molecule has 2 fully saturated rings. The van der Waals surface area contributed by atoms with Crippen LogP contribution in [0.5, 0.6) is 0 Å². The number of nitrogens with zero attached hydrogens (tertiary/aromatic N) is 2. The molecule has 16 heavy (non-hydrogen) atoms. The molecule has 1 aliphatic carbocycles. The lowest BCUT2D eigenvalue weighted by molar-refractivity contribution is 0.206. The highest BCUT2D eigenvalue weighted by atomic mass is 15.1. The van der Waals surface area contributed by atoms with Crippen molar-refractivity contribution in [1.29, 1.82) is 0 Å². The van der Waals surface area contributed by atoms with Gasteiger partial charge in [-0.1, -0.05) is 13.3 Å². The number of hydrogen-bond donors (Lipinski definition) is 1. The predicted octanol–water partition coefficient (Wildman–Crippen LogP) is 2.67. The van der Waals surface area contributed by atoms with E-state index in [2.05, 4.69) is 28.0 Å². The van der Waals surface area contributed by atoms with Crippen molar-refractivity contribution in [3.05, 3.63) is 18.2 Å². The van der Waals surface area contributed by atoms with Crippen molar-refractivity contribution in [2.75, 3.05) is 6.54 Å². The highest BCUT2D eigenvalue weighted by molar-refractivity contribution is 5.09. The van der Waals surface area contributed by atoms with Gasteiger partial charge >= 0.3 is 0 Å². The highest BCUT2D eigenvalue weighted by Gasteiger charge is 2.29. The van der Waals surface area contributed by atoms with Gasteiger partial charge in [-0.15, -0.1) is 0 Å². The third kappa shape index (κ3) is 1.77. The Labute approximate surface area is 97.3 Å². The smallest absolute Gasteiger partial charge is 0.0951 e. The van der Waals surface area contributed by atoms with Gasteiger partial charge in [0.25, 0.3) is 0 Å². The lowest BCUT2D eigenvalue weighted by Gasteiger charge is -2.36. The molecular weight excluding hydrogens is 198 g/mol. The van der Waals surface area contributed by atoms with Crippen LogP contribution in [0.4, 0.5) is 0 Å². The second-order valence-electron chi connectivity index (χ2n) is 5.46. The average Bonchev–Trinajstić information content (AvgIpc) is 2.74. The molecule has 3 rings (SSSR count). The van der Waals surface area contributed by atoms with Crippen LogP contribution in [0.1, 0.15) is 56.8 Å². The minimum atomic E-state index is 0.548. The molecule has 2 heterocycles. The molecule has 2 aliphatic rings. The Bertz CT molecular complexity index is 346. The predicted molar refractivity (Wildman–Crippen MR) is 64.3 cm³/mol. The molecule has 1 atom stereocenters. The zero-order valence-electron chi connectivity index (χ0n) is 10.0. The molecule has 0 spiro atoms. The summed E-state index contributed by atoms with van der Waals surface area (Å²) in [7, 11) is 0. The van der Waals surface area contributed by atoms with Gasteiger partial charge in [0.1, 0.15) is 0 Å². The fraction of sp³-hybridized carbons (Fsp3) is 0.769. The molecule has 1 aliphatic heterocycles. The van der Waals surface area contributed by atoms with E-state index in [-0.39, 0.29) is 0 Å². The molecule has 0 bridgehead atoms. The Balaban J connectivity index is 1.76. The summed E-state index contributed by atoms with van der Waals surface area (Å²) in [5.74, 6) is 0.902. The van der Waals surface area contributed by atoms with Crippen LogP contribution in [0.3, 0.4) is 0 Å². The van der Waals surface area contributed by atoms with E-state index in [0.29, 0.717) is 6.04 Å². The first-order chi connectivity index (χ1) is 7.84. The average molecular weight is 219 g/mol. The van der Waals surface area contributed by atoms with Gasteiger partial charge in [-0.05, 0) is 38.1 Å². The fourth-order valence-corrected chi connectivity index (χ4v) is 3.08. The van der Waals surface area contributed by atoms with Gasteiger partial charge in [0, 0.05) is 18.3 Å². The van der Waals surface area contributed by atoms with Crippen molar-refractivity contribution < 1.29 is 0 Å². The molecule has 3 nitrogen and oxygen atoms in total. The van der Waals surface area contributed by atoms with Crippen LogP contribution in [0.2, 0.25) is 0 Å². The van der Waals surface area contributed by atoms with Gasteiger partial charge in [0.15, 0.2) is 0 Å². The van der Waals surface area contributed by atoms with Crippen LogP contribution in [0, 0.1) is 5.92 Å². The molecule has 0 aromatic carbocycles. The van der Waals surface area contributed by atoms with Crippen LogP contribution in [0.15, 0.2) is 12.5 Å². The van der Waals surface area contributed by atoms with Gasteiger partial charge in [-0.25, -0.2) is 4.98 Å². The number of imidazole rings is 1. The molecule has 0 amide bonds. The van der Waals surface area contributed by atoms with E-state index in [4.69, 9.17) is 0 Å². The van der Waals surface area contributed by atoms with Gasteiger partial charge in [-0.3, -0.25) is 0 Å². The normalized spacial score (nSPS) is 34.7. The maximum absolute atomic E-state index is 4.35. The first-order valence-electron chi connectivity index (χ1n) is 6.59. The number of piperidine rings is 1. The molecule has 1 saturated heterocycles. The first-order valence-corrected chi connectivity index (χ1v) is 6.59. The number of hydrogen-bond acceptors (Lipinski definition) is 2. The molecule has 3 heteroatoms. The Morgan fingerprint density at radius 3 is 2.94 bits per heavy atom. The Kier molecular flexibility index (Phi) is 2.72. The van der Waals surface area contributed by atoms with E-state index in [0.717, 1.165) is 18.5 Å². The van der Waals surface area contributed by atoms with Crippen molar-refractivity contribution in [3.8, 4) is 0 Å². The molecule has 1 unspecified atom stereocenters. The standard InChI is InChI=1S/C13H21N3/c1-10-6-11(7-10)16-9-14-8-13(16)12-4-2-3-5-15-12/h8-12,15H,2-7H2,1H3. The van der Waals surface area contributed by atoms with E-state index < -0.39 is 0 Å². The lowest BCUT2D eigenvalue weighted by atomic mass is 9.81. The van der Waals surface area contributed by atoms with Crippen LogP contribution < -0.4 is 5.32 Å². The zero-order valence-corrected chi connectivity index (χ0v) is 10.0. The molecule has 0 radical (unpaired) electrons. The zero-order chi connectivity index (χ0) is 11.0.